The summed E-state index contributed by atoms with van der Waals surface area (Å²) in [7, 11) is 0. The Morgan fingerprint density at radius 3 is 2.44 bits per heavy atom. The molecule has 18 heavy (non-hydrogen) atoms. The molecular weight excluding hydrogens is 236 g/mol. The van der Waals surface area contributed by atoms with E-state index in [2.05, 4.69) is 5.32 Å². The molecule has 0 radical (unpaired) electrons. The zero-order chi connectivity index (χ0) is 12.8. The number of nitrogens with one attached hydrogen (secondary N) is 1. The molecule has 2 nitrogen and oxygen atoms in total. The number of aliphatic hydroxyl groups is 1. The highest BCUT2D eigenvalue weighted by Crippen LogP contribution is 2.46. The van der Waals surface area contributed by atoms with E-state index in [-0.39, 0.29) is 5.92 Å². The van der Waals surface area contributed by atoms with Gasteiger partial charge in [0.2, 0.25) is 0 Å². The lowest BCUT2D eigenvalue weighted by Crippen LogP contribution is -2.41. The third kappa shape index (κ3) is 2.27. The van der Waals surface area contributed by atoms with Gasteiger partial charge < -0.3 is 10.4 Å². The van der Waals surface area contributed by atoms with E-state index in [1.165, 1.54) is 6.07 Å². The maximum absolute atomic E-state index is 13.3. The normalized spacial score (nSPS) is 22.8. The largest absolute Gasteiger partial charge is 0.384 e. The average Bonchev–Trinajstić information content (AvgIpc) is 3.21. The summed E-state index contributed by atoms with van der Waals surface area (Å²) in [5.41, 5.74) is -0.575. The summed E-state index contributed by atoms with van der Waals surface area (Å²) in [4.78, 5) is 0. The fraction of sp³-hybridized carbons (Fsp3) is 0.571. The Morgan fingerprint density at radius 2 is 1.89 bits per heavy atom. The third-order valence-corrected chi connectivity index (χ3v) is 3.91. The first-order valence-corrected chi connectivity index (χ1v) is 6.51. The van der Waals surface area contributed by atoms with Gasteiger partial charge in [0, 0.05) is 12.6 Å². The van der Waals surface area contributed by atoms with Crippen molar-refractivity contribution >= 4 is 0 Å². The lowest BCUT2D eigenvalue weighted by Gasteiger charge is -2.29. The molecular formula is C14H17F2NO. The third-order valence-electron chi connectivity index (χ3n) is 3.91. The molecule has 98 valence electrons. The zero-order valence-electron chi connectivity index (χ0n) is 10.1. The Morgan fingerprint density at radius 1 is 1.17 bits per heavy atom. The summed E-state index contributed by atoms with van der Waals surface area (Å²) in [6.45, 7) is 0.424. The smallest absolute Gasteiger partial charge is 0.159 e. The van der Waals surface area contributed by atoms with Crippen LogP contribution in [0.2, 0.25) is 0 Å². The van der Waals surface area contributed by atoms with Crippen molar-refractivity contribution in [3.8, 4) is 0 Å². The second-order valence-electron chi connectivity index (χ2n) is 5.48. The van der Waals surface area contributed by atoms with Crippen molar-refractivity contribution < 1.29 is 13.9 Å². The SMILES string of the molecule is OC(CNC1CC1)(c1ccc(F)c(F)c1)C1CC1. The van der Waals surface area contributed by atoms with Crippen LogP contribution in [0.5, 0.6) is 0 Å². The minimum atomic E-state index is -1.06. The van der Waals surface area contributed by atoms with E-state index in [1.807, 2.05) is 0 Å². The Bertz CT molecular complexity index is 457. The molecule has 0 aromatic heterocycles. The molecule has 2 fully saturated rings. The second kappa shape index (κ2) is 4.28. The van der Waals surface area contributed by atoms with Crippen LogP contribution in [-0.4, -0.2) is 17.7 Å². The monoisotopic (exact) mass is 253 g/mol. The van der Waals surface area contributed by atoms with Crippen LogP contribution in [-0.2, 0) is 5.60 Å². The Kier molecular flexibility index (Phi) is 2.87. The number of hydrogen-bond donors (Lipinski definition) is 2. The highest BCUT2D eigenvalue weighted by atomic mass is 19.2. The predicted octanol–water partition coefficient (Wildman–Crippen LogP) is 2.31. The molecule has 1 aromatic rings. The van der Waals surface area contributed by atoms with E-state index in [0.717, 1.165) is 37.8 Å². The van der Waals surface area contributed by atoms with Gasteiger partial charge in [-0.1, -0.05) is 6.07 Å². The van der Waals surface area contributed by atoms with Crippen molar-refractivity contribution in [2.24, 2.45) is 5.92 Å². The van der Waals surface area contributed by atoms with Crippen LogP contribution < -0.4 is 5.32 Å². The van der Waals surface area contributed by atoms with Crippen LogP contribution in [0.3, 0.4) is 0 Å². The fourth-order valence-corrected chi connectivity index (χ4v) is 2.40. The van der Waals surface area contributed by atoms with Crippen molar-refractivity contribution in [2.75, 3.05) is 6.54 Å². The molecule has 0 bridgehead atoms. The lowest BCUT2D eigenvalue weighted by molar-refractivity contribution is 0.0127. The summed E-state index contributed by atoms with van der Waals surface area (Å²) < 4.78 is 26.3. The molecule has 0 amide bonds. The molecule has 0 spiro atoms. The van der Waals surface area contributed by atoms with Gasteiger partial charge in [-0.25, -0.2) is 8.78 Å². The van der Waals surface area contributed by atoms with E-state index in [9.17, 15) is 13.9 Å². The Balaban J connectivity index is 1.84. The molecule has 0 heterocycles. The predicted molar refractivity (Wildman–Crippen MR) is 64.0 cm³/mol. The van der Waals surface area contributed by atoms with Gasteiger partial charge in [-0.2, -0.15) is 0 Å². The van der Waals surface area contributed by atoms with Crippen LogP contribution in [0.25, 0.3) is 0 Å². The van der Waals surface area contributed by atoms with E-state index >= 15 is 0 Å². The van der Waals surface area contributed by atoms with Gasteiger partial charge >= 0.3 is 0 Å². The van der Waals surface area contributed by atoms with Crippen molar-refractivity contribution in [2.45, 2.75) is 37.3 Å². The molecule has 3 rings (SSSR count). The van der Waals surface area contributed by atoms with Crippen LogP contribution in [0.1, 0.15) is 31.2 Å². The fourth-order valence-electron chi connectivity index (χ4n) is 2.40. The Hall–Kier alpha value is -1.00. The first-order valence-electron chi connectivity index (χ1n) is 6.51. The number of halogens is 2. The molecule has 2 aliphatic rings. The van der Waals surface area contributed by atoms with Crippen LogP contribution in [0.4, 0.5) is 8.78 Å². The van der Waals surface area contributed by atoms with Crippen LogP contribution >= 0.6 is 0 Å². The van der Waals surface area contributed by atoms with Gasteiger partial charge in [0.05, 0.1) is 0 Å². The van der Waals surface area contributed by atoms with Gasteiger partial charge in [-0.15, -0.1) is 0 Å². The summed E-state index contributed by atoms with van der Waals surface area (Å²) >= 11 is 0. The highest BCUT2D eigenvalue weighted by Gasteiger charge is 2.45. The maximum Gasteiger partial charge on any atom is 0.159 e. The molecule has 1 aromatic carbocycles. The topological polar surface area (TPSA) is 32.3 Å². The molecule has 4 heteroatoms. The van der Waals surface area contributed by atoms with Gasteiger partial charge in [-0.05, 0) is 49.3 Å². The standard InChI is InChI=1S/C14H17F2NO/c15-12-6-3-10(7-13(12)16)14(18,9-1-2-9)8-17-11-4-5-11/h3,6-7,9,11,17-18H,1-2,4-5,8H2. The van der Waals surface area contributed by atoms with Crippen molar-refractivity contribution in [1.82, 2.24) is 5.32 Å². The maximum atomic E-state index is 13.3. The summed E-state index contributed by atoms with van der Waals surface area (Å²) in [6, 6.07) is 4.20. The quantitative estimate of drug-likeness (QED) is 0.844. The summed E-state index contributed by atoms with van der Waals surface area (Å²) in [5.74, 6) is -1.60. The van der Waals surface area contributed by atoms with E-state index in [4.69, 9.17) is 0 Å². The molecule has 1 atom stereocenters. The molecule has 2 aliphatic carbocycles. The molecule has 2 N–H and O–H groups in total. The summed E-state index contributed by atoms with van der Waals surface area (Å²) in [5, 5.41) is 14.0. The van der Waals surface area contributed by atoms with Crippen LogP contribution in [0, 0.1) is 17.6 Å². The molecule has 2 saturated carbocycles. The van der Waals surface area contributed by atoms with E-state index in [1.54, 1.807) is 0 Å². The first kappa shape index (κ1) is 12.1. The van der Waals surface area contributed by atoms with Gasteiger partial charge in [-0.3, -0.25) is 0 Å². The molecule has 0 saturated heterocycles. The van der Waals surface area contributed by atoms with Gasteiger partial charge in [0.15, 0.2) is 11.6 Å². The average molecular weight is 253 g/mol. The first-order chi connectivity index (χ1) is 8.59. The number of hydrogen-bond acceptors (Lipinski definition) is 2. The minimum absolute atomic E-state index is 0.161. The zero-order valence-corrected chi connectivity index (χ0v) is 10.1. The van der Waals surface area contributed by atoms with Gasteiger partial charge in [0.1, 0.15) is 5.60 Å². The second-order valence-corrected chi connectivity index (χ2v) is 5.48. The van der Waals surface area contributed by atoms with Gasteiger partial charge in [0.25, 0.3) is 0 Å². The van der Waals surface area contributed by atoms with Crippen LogP contribution in [0.15, 0.2) is 18.2 Å². The van der Waals surface area contributed by atoms with E-state index in [0.29, 0.717) is 18.2 Å². The van der Waals surface area contributed by atoms with Crippen molar-refractivity contribution in [3.63, 3.8) is 0 Å². The van der Waals surface area contributed by atoms with Crippen molar-refractivity contribution in [1.29, 1.82) is 0 Å². The summed E-state index contributed by atoms with van der Waals surface area (Å²) in [6.07, 6.45) is 4.17. The minimum Gasteiger partial charge on any atom is -0.384 e. The van der Waals surface area contributed by atoms with E-state index < -0.39 is 17.2 Å². The number of benzene rings is 1. The molecule has 0 aliphatic heterocycles. The van der Waals surface area contributed by atoms with Crippen molar-refractivity contribution in [3.05, 3.63) is 35.4 Å². The lowest BCUT2D eigenvalue weighted by atomic mass is 9.88. The highest BCUT2D eigenvalue weighted by molar-refractivity contribution is 5.27. The molecule has 1 unspecified atom stereocenters. The Labute approximate surface area is 105 Å². The number of rotatable bonds is 5.